The molecule has 1 amide bonds. The lowest BCUT2D eigenvalue weighted by Gasteiger charge is -1.99. The molecule has 1 heterocycles. The summed E-state index contributed by atoms with van der Waals surface area (Å²) in [5.74, 6) is 5.78. The van der Waals surface area contributed by atoms with Crippen LogP contribution >= 0.6 is 11.3 Å². The summed E-state index contributed by atoms with van der Waals surface area (Å²) in [6.07, 6.45) is 0.482. The van der Waals surface area contributed by atoms with Gasteiger partial charge in [-0.15, -0.1) is 11.3 Å². The van der Waals surface area contributed by atoms with E-state index in [9.17, 15) is 4.79 Å². The van der Waals surface area contributed by atoms with Crippen molar-refractivity contribution in [2.45, 2.75) is 19.9 Å². The number of amides is 1. The highest BCUT2D eigenvalue weighted by molar-refractivity contribution is 7.10. The number of hydrogen-bond acceptors (Lipinski definition) is 3. The van der Waals surface area contributed by atoms with Crippen LogP contribution in [0.5, 0.6) is 0 Å². The first kappa shape index (κ1) is 11.8. The smallest absolute Gasteiger partial charge is 0.217 e. The van der Waals surface area contributed by atoms with Crippen molar-refractivity contribution < 1.29 is 9.90 Å². The SMILES string of the molecule is CC(=O)NCc1sccc1C#CCCO. The van der Waals surface area contributed by atoms with Gasteiger partial charge in [-0.05, 0) is 11.4 Å². The van der Waals surface area contributed by atoms with E-state index in [2.05, 4.69) is 17.2 Å². The molecular weight excluding hydrogens is 210 g/mol. The number of carbonyl (C=O) groups excluding carboxylic acids is 1. The molecule has 4 heteroatoms. The molecule has 0 atom stereocenters. The first-order valence-corrected chi connectivity index (χ1v) is 5.52. The van der Waals surface area contributed by atoms with Gasteiger partial charge in [0.15, 0.2) is 0 Å². The maximum Gasteiger partial charge on any atom is 0.217 e. The van der Waals surface area contributed by atoms with Crippen LogP contribution in [-0.4, -0.2) is 17.6 Å². The van der Waals surface area contributed by atoms with Crippen molar-refractivity contribution in [3.63, 3.8) is 0 Å². The van der Waals surface area contributed by atoms with Crippen molar-refractivity contribution in [2.24, 2.45) is 0 Å². The van der Waals surface area contributed by atoms with E-state index in [0.29, 0.717) is 13.0 Å². The van der Waals surface area contributed by atoms with Crippen LogP contribution in [-0.2, 0) is 11.3 Å². The maximum atomic E-state index is 10.7. The van der Waals surface area contributed by atoms with Crippen molar-refractivity contribution in [1.82, 2.24) is 5.32 Å². The zero-order valence-electron chi connectivity index (χ0n) is 8.54. The minimum absolute atomic E-state index is 0.0438. The van der Waals surface area contributed by atoms with E-state index in [1.807, 2.05) is 11.4 Å². The molecule has 15 heavy (non-hydrogen) atoms. The first-order valence-electron chi connectivity index (χ1n) is 4.64. The van der Waals surface area contributed by atoms with Gasteiger partial charge in [-0.25, -0.2) is 0 Å². The number of aliphatic hydroxyl groups is 1. The minimum Gasteiger partial charge on any atom is -0.395 e. The van der Waals surface area contributed by atoms with Gasteiger partial charge in [0.05, 0.1) is 13.2 Å². The molecule has 0 aliphatic heterocycles. The van der Waals surface area contributed by atoms with E-state index >= 15 is 0 Å². The highest BCUT2D eigenvalue weighted by atomic mass is 32.1. The van der Waals surface area contributed by atoms with E-state index in [0.717, 1.165) is 10.4 Å². The Morgan fingerprint density at radius 2 is 2.47 bits per heavy atom. The highest BCUT2D eigenvalue weighted by Gasteiger charge is 2.01. The molecular formula is C11H13NO2S. The van der Waals surface area contributed by atoms with Crippen LogP contribution in [0.25, 0.3) is 0 Å². The normalized spacial score (nSPS) is 9.20. The monoisotopic (exact) mass is 223 g/mol. The number of rotatable bonds is 3. The summed E-state index contributed by atoms with van der Waals surface area (Å²) in [6.45, 7) is 2.10. The zero-order valence-corrected chi connectivity index (χ0v) is 9.36. The largest absolute Gasteiger partial charge is 0.395 e. The molecule has 0 saturated heterocycles. The Bertz CT molecular complexity index is 387. The lowest BCUT2D eigenvalue weighted by molar-refractivity contribution is -0.119. The molecule has 2 N–H and O–H groups in total. The van der Waals surface area contributed by atoms with Crippen molar-refractivity contribution in [3.05, 3.63) is 21.9 Å². The van der Waals surface area contributed by atoms with Gasteiger partial charge in [0.1, 0.15) is 0 Å². The molecule has 80 valence electrons. The Labute approximate surface area is 93.1 Å². The summed E-state index contributed by atoms with van der Waals surface area (Å²) in [6, 6.07) is 1.92. The predicted octanol–water partition coefficient (Wildman–Crippen LogP) is 1.12. The van der Waals surface area contributed by atoms with Crippen LogP contribution in [0.15, 0.2) is 11.4 Å². The molecule has 0 saturated carbocycles. The second-order valence-corrected chi connectivity index (χ2v) is 3.94. The van der Waals surface area contributed by atoms with Crippen molar-refractivity contribution in [1.29, 1.82) is 0 Å². The summed E-state index contributed by atoms with van der Waals surface area (Å²) in [5.41, 5.74) is 0.933. The van der Waals surface area contributed by atoms with E-state index < -0.39 is 0 Å². The van der Waals surface area contributed by atoms with Gasteiger partial charge in [-0.3, -0.25) is 4.79 Å². The number of aliphatic hydroxyl groups excluding tert-OH is 1. The Morgan fingerprint density at radius 3 is 3.13 bits per heavy atom. The van der Waals surface area contributed by atoms with Crippen molar-refractivity contribution in [3.8, 4) is 11.8 Å². The fourth-order valence-electron chi connectivity index (χ4n) is 1.01. The van der Waals surface area contributed by atoms with Gasteiger partial charge < -0.3 is 10.4 Å². The van der Waals surface area contributed by atoms with Crippen molar-refractivity contribution in [2.75, 3.05) is 6.61 Å². The fourth-order valence-corrected chi connectivity index (χ4v) is 1.78. The Morgan fingerprint density at radius 1 is 1.67 bits per heavy atom. The highest BCUT2D eigenvalue weighted by Crippen LogP contribution is 2.15. The van der Waals surface area contributed by atoms with Crippen molar-refractivity contribution >= 4 is 17.2 Å². The summed E-state index contributed by atoms with van der Waals surface area (Å²) >= 11 is 1.57. The Kier molecular flexibility index (Phi) is 4.88. The summed E-state index contributed by atoms with van der Waals surface area (Å²) in [5, 5.41) is 13.3. The summed E-state index contributed by atoms with van der Waals surface area (Å²) in [4.78, 5) is 11.8. The Balaban J connectivity index is 2.62. The molecule has 1 aromatic rings. The molecule has 0 unspecified atom stereocenters. The third kappa shape index (κ3) is 4.15. The van der Waals surface area contributed by atoms with E-state index in [-0.39, 0.29) is 12.5 Å². The van der Waals surface area contributed by atoms with Gasteiger partial charge >= 0.3 is 0 Å². The topological polar surface area (TPSA) is 49.3 Å². The molecule has 3 nitrogen and oxygen atoms in total. The van der Waals surface area contributed by atoms with Gasteiger partial charge in [-0.1, -0.05) is 11.8 Å². The predicted molar refractivity (Wildman–Crippen MR) is 60.4 cm³/mol. The molecule has 1 aromatic heterocycles. The zero-order chi connectivity index (χ0) is 11.1. The summed E-state index contributed by atoms with van der Waals surface area (Å²) < 4.78 is 0. The standard InChI is InChI=1S/C11H13NO2S/c1-9(14)12-8-11-10(5-7-15-11)4-2-3-6-13/h5,7,13H,3,6,8H2,1H3,(H,12,14). The Hall–Kier alpha value is -1.31. The third-order valence-electron chi connectivity index (χ3n) is 1.70. The number of hydrogen-bond donors (Lipinski definition) is 2. The average Bonchev–Trinajstić information content (AvgIpc) is 2.63. The lowest BCUT2D eigenvalue weighted by Crippen LogP contribution is -2.18. The van der Waals surface area contributed by atoms with Crippen LogP contribution in [0.3, 0.4) is 0 Å². The van der Waals surface area contributed by atoms with Crippen LogP contribution in [0.2, 0.25) is 0 Å². The molecule has 0 aliphatic rings. The second kappa shape index (κ2) is 6.23. The van der Waals surface area contributed by atoms with Crippen LogP contribution in [0.4, 0.5) is 0 Å². The molecule has 0 aliphatic carbocycles. The third-order valence-corrected chi connectivity index (χ3v) is 2.62. The number of carbonyl (C=O) groups is 1. The van der Waals surface area contributed by atoms with Gasteiger partial charge in [0.25, 0.3) is 0 Å². The van der Waals surface area contributed by atoms with Gasteiger partial charge in [0.2, 0.25) is 5.91 Å². The van der Waals surface area contributed by atoms with Gasteiger partial charge in [-0.2, -0.15) is 0 Å². The van der Waals surface area contributed by atoms with Crippen LogP contribution in [0.1, 0.15) is 23.8 Å². The lowest BCUT2D eigenvalue weighted by atomic mass is 10.2. The maximum absolute atomic E-state index is 10.7. The molecule has 0 radical (unpaired) electrons. The quantitative estimate of drug-likeness (QED) is 0.754. The minimum atomic E-state index is -0.0438. The van der Waals surface area contributed by atoms with Crippen LogP contribution < -0.4 is 5.32 Å². The fraction of sp³-hybridized carbons (Fsp3) is 0.364. The number of nitrogens with one attached hydrogen (secondary N) is 1. The molecule has 0 fully saturated rings. The average molecular weight is 223 g/mol. The second-order valence-electron chi connectivity index (χ2n) is 2.94. The van der Waals surface area contributed by atoms with E-state index in [1.54, 1.807) is 11.3 Å². The van der Waals surface area contributed by atoms with E-state index in [4.69, 9.17) is 5.11 Å². The molecule has 0 bridgehead atoms. The van der Waals surface area contributed by atoms with Crippen LogP contribution in [0, 0.1) is 11.8 Å². The van der Waals surface area contributed by atoms with E-state index in [1.165, 1.54) is 6.92 Å². The number of thiophene rings is 1. The first-order chi connectivity index (χ1) is 7.24. The van der Waals surface area contributed by atoms with Gasteiger partial charge in [0, 0.05) is 23.8 Å². The summed E-state index contributed by atoms with van der Waals surface area (Å²) in [7, 11) is 0. The molecule has 0 spiro atoms. The molecule has 0 aromatic carbocycles. The molecule has 1 rings (SSSR count).